The van der Waals surface area contributed by atoms with Crippen LogP contribution in [0.3, 0.4) is 0 Å². The van der Waals surface area contributed by atoms with Crippen LogP contribution >= 0.6 is 23.8 Å². The van der Waals surface area contributed by atoms with Crippen molar-refractivity contribution in [1.29, 1.82) is 0 Å². The molecule has 1 aromatic heterocycles. The normalized spacial score (nSPS) is 11.0. The molecular formula is C18H17ClN4O2S. The van der Waals surface area contributed by atoms with Crippen LogP contribution in [0.1, 0.15) is 17.0 Å². The lowest BCUT2D eigenvalue weighted by Crippen LogP contribution is -2.00. The molecule has 3 rings (SSSR count). The highest BCUT2D eigenvalue weighted by Crippen LogP contribution is 2.35. The van der Waals surface area contributed by atoms with Crippen molar-refractivity contribution in [2.45, 2.75) is 6.42 Å². The zero-order chi connectivity index (χ0) is 18.5. The summed E-state index contributed by atoms with van der Waals surface area (Å²) in [7, 11) is 3.09. The third-order valence-electron chi connectivity index (χ3n) is 3.70. The van der Waals surface area contributed by atoms with Crippen molar-refractivity contribution >= 4 is 30.0 Å². The molecule has 0 aliphatic rings. The van der Waals surface area contributed by atoms with Crippen LogP contribution in [0.25, 0.3) is 0 Å². The summed E-state index contributed by atoms with van der Waals surface area (Å²) in [4.78, 5) is 0. The van der Waals surface area contributed by atoms with Crippen molar-refractivity contribution in [3.63, 3.8) is 0 Å². The number of methoxy groups -OCH3 is 2. The predicted molar refractivity (Wildman–Crippen MR) is 104 cm³/mol. The Bertz CT molecular complexity index is 983. The molecule has 0 aliphatic heterocycles. The summed E-state index contributed by atoms with van der Waals surface area (Å²) in [5, 5.41) is 11.9. The summed E-state index contributed by atoms with van der Waals surface area (Å²) in [6.07, 6.45) is 2.26. The van der Waals surface area contributed by atoms with Crippen LogP contribution in [0.15, 0.2) is 47.6 Å². The van der Waals surface area contributed by atoms with E-state index in [4.69, 9.17) is 33.3 Å². The van der Waals surface area contributed by atoms with E-state index in [0.717, 1.165) is 11.1 Å². The molecule has 2 aromatic carbocycles. The van der Waals surface area contributed by atoms with Crippen LogP contribution < -0.4 is 9.47 Å². The van der Waals surface area contributed by atoms with Gasteiger partial charge in [0.1, 0.15) is 0 Å². The minimum absolute atomic E-state index is 0.416. The lowest BCUT2D eigenvalue weighted by atomic mass is 10.1. The average Bonchev–Trinajstić information content (AvgIpc) is 2.99. The van der Waals surface area contributed by atoms with Crippen LogP contribution in [0, 0.1) is 4.77 Å². The van der Waals surface area contributed by atoms with Gasteiger partial charge in [0, 0.05) is 6.42 Å². The van der Waals surface area contributed by atoms with Crippen LogP contribution in [-0.4, -0.2) is 35.3 Å². The van der Waals surface area contributed by atoms with Gasteiger partial charge >= 0.3 is 0 Å². The molecule has 0 radical (unpaired) electrons. The standard InChI is InChI=1S/C18H17ClN4O2S/c1-24-15-9-13(8-14(19)17(15)25-2)11-20-23-16(21-22-18(23)26)10-12-6-4-3-5-7-12/h3-9,11H,10H2,1-2H3,(H,22,26)/b20-11-. The number of H-pyrrole nitrogens is 1. The Kier molecular flexibility index (Phi) is 5.70. The molecule has 6 nitrogen and oxygen atoms in total. The van der Waals surface area contributed by atoms with E-state index in [1.165, 1.54) is 7.11 Å². The van der Waals surface area contributed by atoms with Gasteiger partial charge in [-0.05, 0) is 35.5 Å². The van der Waals surface area contributed by atoms with Crippen molar-refractivity contribution in [2.75, 3.05) is 14.2 Å². The van der Waals surface area contributed by atoms with Gasteiger partial charge in [0.15, 0.2) is 17.3 Å². The molecule has 0 saturated heterocycles. The van der Waals surface area contributed by atoms with Gasteiger partial charge in [-0.1, -0.05) is 41.9 Å². The summed E-state index contributed by atoms with van der Waals surface area (Å²) in [5.74, 6) is 1.72. The molecule has 0 spiro atoms. The summed E-state index contributed by atoms with van der Waals surface area (Å²) in [5.41, 5.74) is 1.87. The van der Waals surface area contributed by atoms with E-state index in [0.29, 0.717) is 33.5 Å². The zero-order valence-electron chi connectivity index (χ0n) is 14.3. The molecule has 3 aromatic rings. The second kappa shape index (κ2) is 8.16. The number of ether oxygens (including phenoxy) is 2. The molecule has 0 fully saturated rings. The summed E-state index contributed by atoms with van der Waals surface area (Å²) in [6, 6.07) is 13.5. The second-order valence-electron chi connectivity index (χ2n) is 5.40. The maximum atomic E-state index is 6.23. The smallest absolute Gasteiger partial charge is 0.216 e. The molecule has 26 heavy (non-hydrogen) atoms. The van der Waals surface area contributed by atoms with Crippen molar-refractivity contribution in [1.82, 2.24) is 14.9 Å². The number of hydrogen-bond acceptors (Lipinski definition) is 5. The van der Waals surface area contributed by atoms with E-state index in [2.05, 4.69) is 15.3 Å². The van der Waals surface area contributed by atoms with Gasteiger partial charge in [-0.3, -0.25) is 5.10 Å². The Morgan fingerprint density at radius 2 is 2.00 bits per heavy atom. The van der Waals surface area contributed by atoms with Gasteiger partial charge in [0.05, 0.1) is 25.5 Å². The highest BCUT2D eigenvalue weighted by atomic mass is 35.5. The molecule has 0 unspecified atom stereocenters. The van der Waals surface area contributed by atoms with Crippen LogP contribution in [-0.2, 0) is 6.42 Å². The highest BCUT2D eigenvalue weighted by molar-refractivity contribution is 7.71. The van der Waals surface area contributed by atoms with E-state index < -0.39 is 0 Å². The van der Waals surface area contributed by atoms with Gasteiger partial charge in [0.2, 0.25) is 4.77 Å². The van der Waals surface area contributed by atoms with Gasteiger partial charge in [-0.2, -0.15) is 14.9 Å². The van der Waals surface area contributed by atoms with Crippen molar-refractivity contribution in [3.8, 4) is 11.5 Å². The van der Waals surface area contributed by atoms with E-state index in [-0.39, 0.29) is 0 Å². The van der Waals surface area contributed by atoms with Crippen LogP contribution in [0.5, 0.6) is 11.5 Å². The molecule has 0 atom stereocenters. The Morgan fingerprint density at radius 3 is 2.69 bits per heavy atom. The molecule has 0 bridgehead atoms. The van der Waals surface area contributed by atoms with Gasteiger partial charge < -0.3 is 9.47 Å². The largest absolute Gasteiger partial charge is 0.493 e. The Balaban J connectivity index is 1.91. The molecule has 1 heterocycles. The fourth-order valence-electron chi connectivity index (χ4n) is 2.47. The number of hydrogen-bond donors (Lipinski definition) is 1. The molecular weight excluding hydrogens is 372 g/mol. The second-order valence-corrected chi connectivity index (χ2v) is 6.20. The van der Waals surface area contributed by atoms with E-state index in [1.54, 1.807) is 30.1 Å². The predicted octanol–water partition coefficient (Wildman–Crippen LogP) is 4.08. The number of nitrogens with zero attached hydrogens (tertiary/aromatic N) is 3. The number of benzene rings is 2. The molecule has 0 aliphatic carbocycles. The number of rotatable bonds is 6. The first-order valence-electron chi connectivity index (χ1n) is 7.78. The Morgan fingerprint density at radius 1 is 1.23 bits per heavy atom. The summed E-state index contributed by atoms with van der Waals surface area (Å²) >= 11 is 11.5. The van der Waals surface area contributed by atoms with E-state index in [9.17, 15) is 0 Å². The van der Waals surface area contributed by atoms with Gasteiger partial charge in [0.25, 0.3) is 0 Å². The maximum absolute atomic E-state index is 6.23. The molecule has 1 N–H and O–H groups in total. The first kappa shape index (κ1) is 18.2. The van der Waals surface area contributed by atoms with Crippen molar-refractivity contribution < 1.29 is 9.47 Å². The minimum atomic E-state index is 0.416. The van der Waals surface area contributed by atoms with Gasteiger partial charge in [-0.25, -0.2) is 0 Å². The maximum Gasteiger partial charge on any atom is 0.216 e. The third kappa shape index (κ3) is 3.95. The zero-order valence-corrected chi connectivity index (χ0v) is 15.8. The quantitative estimate of drug-likeness (QED) is 0.510. The van der Waals surface area contributed by atoms with Crippen molar-refractivity contribution in [3.05, 3.63) is 69.2 Å². The fourth-order valence-corrected chi connectivity index (χ4v) is 2.97. The van der Waals surface area contributed by atoms with Crippen LogP contribution in [0.4, 0.5) is 0 Å². The third-order valence-corrected chi connectivity index (χ3v) is 4.25. The Hall–Kier alpha value is -2.64. The van der Waals surface area contributed by atoms with Crippen molar-refractivity contribution in [2.24, 2.45) is 5.10 Å². The van der Waals surface area contributed by atoms with Gasteiger partial charge in [-0.15, -0.1) is 0 Å². The molecule has 0 amide bonds. The first-order chi connectivity index (χ1) is 12.6. The summed E-state index contributed by atoms with van der Waals surface area (Å²) in [6.45, 7) is 0. The monoisotopic (exact) mass is 388 g/mol. The van der Waals surface area contributed by atoms with E-state index >= 15 is 0 Å². The first-order valence-corrected chi connectivity index (χ1v) is 8.57. The lowest BCUT2D eigenvalue weighted by molar-refractivity contribution is 0.355. The number of nitrogens with one attached hydrogen (secondary N) is 1. The molecule has 0 saturated carbocycles. The van der Waals surface area contributed by atoms with Crippen LogP contribution in [0.2, 0.25) is 5.02 Å². The van der Waals surface area contributed by atoms with E-state index in [1.807, 2.05) is 30.3 Å². The minimum Gasteiger partial charge on any atom is -0.493 e. The number of aromatic nitrogens is 3. The molecule has 134 valence electrons. The Labute approximate surface area is 161 Å². The number of aromatic amines is 1. The number of halogens is 1. The fraction of sp³-hybridized carbons (Fsp3) is 0.167. The molecule has 8 heteroatoms. The topological polar surface area (TPSA) is 64.4 Å². The summed E-state index contributed by atoms with van der Waals surface area (Å²) < 4.78 is 12.5. The average molecular weight is 389 g/mol. The SMILES string of the molecule is COc1cc(/C=N\n2c(Cc3ccccc3)n[nH]c2=S)cc(Cl)c1OC. The lowest BCUT2D eigenvalue weighted by Gasteiger charge is -2.10. The highest BCUT2D eigenvalue weighted by Gasteiger charge is 2.11.